The number of fused-ring (bicyclic) bond motifs is 2. The molecule has 2 bridgehead atoms. The van der Waals surface area contributed by atoms with Gasteiger partial charge in [-0.15, -0.1) is 6.58 Å². The highest BCUT2D eigenvalue weighted by Crippen LogP contribution is 2.40. The second-order valence-electron chi connectivity index (χ2n) is 3.50. The summed E-state index contributed by atoms with van der Waals surface area (Å²) < 4.78 is 5.60. The van der Waals surface area contributed by atoms with Crippen LogP contribution in [-0.2, 0) is 4.74 Å². The SMILES string of the molecule is C=CC(O)C1CC2CCC1O2. The number of hydrogen-bond acceptors (Lipinski definition) is 2. The fourth-order valence-corrected chi connectivity index (χ4v) is 2.21. The Kier molecular flexibility index (Phi) is 1.74. The van der Waals surface area contributed by atoms with Crippen molar-refractivity contribution in [2.75, 3.05) is 0 Å². The molecule has 0 saturated carbocycles. The van der Waals surface area contributed by atoms with Crippen molar-refractivity contribution >= 4 is 0 Å². The molecule has 1 N–H and O–H groups in total. The van der Waals surface area contributed by atoms with E-state index in [0.29, 0.717) is 18.1 Å². The average Bonchev–Trinajstić information content (AvgIpc) is 2.62. The molecule has 62 valence electrons. The first-order chi connectivity index (χ1) is 5.31. The maximum atomic E-state index is 9.48. The van der Waals surface area contributed by atoms with Gasteiger partial charge in [0.15, 0.2) is 0 Å². The van der Waals surface area contributed by atoms with Gasteiger partial charge in [-0.2, -0.15) is 0 Å². The summed E-state index contributed by atoms with van der Waals surface area (Å²) in [6.45, 7) is 3.58. The molecule has 2 aliphatic rings. The van der Waals surface area contributed by atoms with Gasteiger partial charge in [-0.25, -0.2) is 0 Å². The smallest absolute Gasteiger partial charge is 0.0772 e. The molecular weight excluding hydrogens is 140 g/mol. The lowest BCUT2D eigenvalue weighted by atomic mass is 9.85. The lowest BCUT2D eigenvalue weighted by Gasteiger charge is -2.21. The van der Waals surface area contributed by atoms with Crippen LogP contribution in [0.25, 0.3) is 0 Å². The van der Waals surface area contributed by atoms with E-state index in [1.165, 1.54) is 6.42 Å². The Morgan fingerprint density at radius 3 is 2.82 bits per heavy atom. The summed E-state index contributed by atoms with van der Waals surface area (Å²) in [7, 11) is 0. The zero-order chi connectivity index (χ0) is 7.84. The van der Waals surface area contributed by atoms with Crippen LogP contribution in [0.15, 0.2) is 12.7 Å². The largest absolute Gasteiger partial charge is 0.389 e. The molecular formula is C9H14O2. The summed E-state index contributed by atoms with van der Waals surface area (Å²) in [5.74, 6) is 0.325. The Labute approximate surface area is 66.9 Å². The minimum atomic E-state index is -0.356. The Balaban J connectivity index is 2.01. The lowest BCUT2D eigenvalue weighted by molar-refractivity contribution is 0.0615. The Morgan fingerprint density at radius 1 is 1.55 bits per heavy atom. The summed E-state index contributed by atoms with van der Waals surface area (Å²) in [5.41, 5.74) is 0. The molecule has 2 rings (SSSR count). The zero-order valence-corrected chi connectivity index (χ0v) is 6.57. The number of ether oxygens (including phenoxy) is 1. The van der Waals surface area contributed by atoms with Gasteiger partial charge in [-0.05, 0) is 19.3 Å². The molecule has 0 aliphatic carbocycles. The lowest BCUT2D eigenvalue weighted by Crippen LogP contribution is -2.27. The summed E-state index contributed by atoms with van der Waals surface area (Å²) >= 11 is 0. The van der Waals surface area contributed by atoms with Crippen LogP contribution in [0.5, 0.6) is 0 Å². The van der Waals surface area contributed by atoms with Crippen molar-refractivity contribution in [2.45, 2.75) is 37.6 Å². The molecule has 0 spiro atoms. The summed E-state index contributed by atoms with van der Waals surface area (Å²) in [4.78, 5) is 0. The van der Waals surface area contributed by atoms with Crippen LogP contribution in [0, 0.1) is 5.92 Å². The van der Waals surface area contributed by atoms with E-state index in [1.54, 1.807) is 6.08 Å². The standard InChI is InChI=1S/C9H14O2/c1-2-8(10)7-5-6-3-4-9(7)11-6/h2,6-10H,1,3-5H2. The average molecular weight is 154 g/mol. The van der Waals surface area contributed by atoms with E-state index in [9.17, 15) is 5.11 Å². The van der Waals surface area contributed by atoms with Gasteiger partial charge in [0.05, 0.1) is 18.3 Å². The number of aliphatic hydroxyl groups is 1. The Hall–Kier alpha value is -0.340. The molecule has 4 unspecified atom stereocenters. The van der Waals surface area contributed by atoms with Crippen molar-refractivity contribution < 1.29 is 9.84 Å². The second kappa shape index (κ2) is 2.61. The fraction of sp³-hybridized carbons (Fsp3) is 0.778. The highest BCUT2D eigenvalue weighted by Gasteiger charge is 2.43. The van der Waals surface area contributed by atoms with E-state index in [4.69, 9.17) is 4.74 Å². The van der Waals surface area contributed by atoms with Gasteiger partial charge < -0.3 is 9.84 Å². The Morgan fingerprint density at radius 2 is 2.36 bits per heavy atom. The minimum absolute atomic E-state index is 0.313. The zero-order valence-electron chi connectivity index (χ0n) is 6.57. The first-order valence-corrected chi connectivity index (χ1v) is 4.27. The molecule has 2 nitrogen and oxygen atoms in total. The minimum Gasteiger partial charge on any atom is -0.389 e. The third-order valence-corrected chi connectivity index (χ3v) is 2.83. The number of rotatable bonds is 2. The van der Waals surface area contributed by atoms with Gasteiger partial charge in [0, 0.05) is 5.92 Å². The van der Waals surface area contributed by atoms with Gasteiger partial charge in [-0.3, -0.25) is 0 Å². The molecule has 0 aromatic heterocycles. The molecule has 11 heavy (non-hydrogen) atoms. The number of hydrogen-bond donors (Lipinski definition) is 1. The highest BCUT2D eigenvalue weighted by atomic mass is 16.5. The summed E-state index contributed by atoms with van der Waals surface area (Å²) in [6, 6.07) is 0. The predicted octanol–water partition coefficient (Wildman–Crippen LogP) is 1.10. The van der Waals surface area contributed by atoms with Crippen LogP contribution >= 0.6 is 0 Å². The molecule has 0 amide bonds. The predicted molar refractivity (Wildman–Crippen MR) is 42.2 cm³/mol. The highest BCUT2D eigenvalue weighted by molar-refractivity contribution is 4.97. The van der Waals surface area contributed by atoms with Crippen LogP contribution in [0.1, 0.15) is 19.3 Å². The summed E-state index contributed by atoms with van der Waals surface area (Å²) in [5, 5.41) is 9.48. The molecule has 2 aliphatic heterocycles. The monoisotopic (exact) mass is 154 g/mol. The van der Waals surface area contributed by atoms with E-state index in [1.807, 2.05) is 0 Å². The molecule has 2 fully saturated rings. The normalized spacial score (nSPS) is 44.3. The van der Waals surface area contributed by atoms with E-state index < -0.39 is 0 Å². The van der Waals surface area contributed by atoms with E-state index >= 15 is 0 Å². The third kappa shape index (κ3) is 1.10. The van der Waals surface area contributed by atoms with Crippen LogP contribution in [-0.4, -0.2) is 23.4 Å². The van der Waals surface area contributed by atoms with Gasteiger partial charge >= 0.3 is 0 Å². The van der Waals surface area contributed by atoms with Crippen LogP contribution in [0.2, 0.25) is 0 Å². The van der Waals surface area contributed by atoms with Gasteiger partial charge in [-0.1, -0.05) is 6.08 Å². The molecule has 2 heteroatoms. The topological polar surface area (TPSA) is 29.5 Å². The van der Waals surface area contributed by atoms with Gasteiger partial charge in [0.2, 0.25) is 0 Å². The second-order valence-corrected chi connectivity index (χ2v) is 3.50. The van der Waals surface area contributed by atoms with Crippen molar-refractivity contribution in [2.24, 2.45) is 5.92 Å². The van der Waals surface area contributed by atoms with E-state index in [0.717, 1.165) is 12.8 Å². The fourth-order valence-electron chi connectivity index (χ4n) is 2.21. The number of aliphatic hydroxyl groups excluding tert-OH is 1. The van der Waals surface area contributed by atoms with E-state index in [2.05, 4.69) is 6.58 Å². The summed E-state index contributed by atoms with van der Waals surface area (Å²) in [6.07, 6.45) is 5.34. The molecule has 2 saturated heterocycles. The van der Waals surface area contributed by atoms with Gasteiger partial charge in [0.25, 0.3) is 0 Å². The van der Waals surface area contributed by atoms with Crippen molar-refractivity contribution in [1.29, 1.82) is 0 Å². The first kappa shape index (κ1) is 7.32. The van der Waals surface area contributed by atoms with Gasteiger partial charge in [0.1, 0.15) is 0 Å². The van der Waals surface area contributed by atoms with Crippen molar-refractivity contribution in [3.8, 4) is 0 Å². The van der Waals surface area contributed by atoms with Crippen molar-refractivity contribution in [1.82, 2.24) is 0 Å². The maximum absolute atomic E-state index is 9.48. The van der Waals surface area contributed by atoms with Crippen molar-refractivity contribution in [3.05, 3.63) is 12.7 Å². The molecule has 0 aromatic carbocycles. The molecule has 0 aromatic rings. The third-order valence-electron chi connectivity index (χ3n) is 2.83. The van der Waals surface area contributed by atoms with Crippen LogP contribution in [0.3, 0.4) is 0 Å². The quantitative estimate of drug-likeness (QED) is 0.603. The molecule has 0 radical (unpaired) electrons. The first-order valence-electron chi connectivity index (χ1n) is 4.27. The Bertz CT molecular complexity index is 167. The van der Waals surface area contributed by atoms with Crippen LogP contribution in [0.4, 0.5) is 0 Å². The maximum Gasteiger partial charge on any atom is 0.0772 e. The molecule has 2 heterocycles. The molecule has 4 atom stereocenters. The van der Waals surface area contributed by atoms with Crippen molar-refractivity contribution in [3.63, 3.8) is 0 Å². The van der Waals surface area contributed by atoms with Crippen LogP contribution < -0.4 is 0 Å². The van der Waals surface area contributed by atoms with E-state index in [-0.39, 0.29) is 6.10 Å².